The molecule has 0 saturated heterocycles. The first-order valence-electron chi connectivity index (χ1n) is 13.3. The number of nitriles is 1. The third kappa shape index (κ3) is 8.58. The van der Waals surface area contributed by atoms with Gasteiger partial charge in [0, 0.05) is 17.8 Å². The Labute approximate surface area is 254 Å². The van der Waals surface area contributed by atoms with Crippen LogP contribution < -0.4 is 19.5 Å². The van der Waals surface area contributed by atoms with Gasteiger partial charge in [-0.3, -0.25) is 14.9 Å². The summed E-state index contributed by atoms with van der Waals surface area (Å²) in [6.07, 6.45) is 1.41. The van der Waals surface area contributed by atoms with Gasteiger partial charge in [-0.2, -0.15) is 5.26 Å². The minimum atomic E-state index is -0.594. The highest BCUT2D eigenvalue weighted by Crippen LogP contribution is 2.38. The summed E-state index contributed by atoms with van der Waals surface area (Å²) >= 11 is 6.51. The van der Waals surface area contributed by atoms with Gasteiger partial charge in [-0.05, 0) is 85.1 Å². The van der Waals surface area contributed by atoms with E-state index in [0.717, 1.165) is 5.56 Å². The summed E-state index contributed by atoms with van der Waals surface area (Å²) in [6, 6.07) is 26.0. The van der Waals surface area contributed by atoms with E-state index in [1.165, 1.54) is 23.8 Å². The molecule has 0 radical (unpaired) electrons. The largest absolute Gasteiger partial charge is 0.490 e. The number of hydrogen-bond donors (Lipinski definition) is 1. The minimum Gasteiger partial charge on any atom is -0.490 e. The molecule has 0 aliphatic rings. The number of carbonyl (C=O) groups excluding carboxylic acids is 1. The zero-order valence-corrected chi connectivity index (χ0v) is 24.3. The molecule has 4 rings (SSSR count). The molecule has 0 unspecified atom stereocenters. The van der Waals surface area contributed by atoms with Crippen molar-refractivity contribution in [1.82, 2.24) is 0 Å². The number of nitrogens with zero attached hydrogens (tertiary/aromatic N) is 2. The maximum Gasteiger partial charge on any atom is 0.269 e. The van der Waals surface area contributed by atoms with Gasteiger partial charge in [-0.25, -0.2) is 0 Å². The summed E-state index contributed by atoms with van der Waals surface area (Å²) in [6.45, 7) is 4.64. The molecule has 0 aliphatic heterocycles. The van der Waals surface area contributed by atoms with Crippen LogP contribution in [0.4, 0.5) is 11.4 Å². The van der Waals surface area contributed by atoms with Crippen LogP contribution in [0.3, 0.4) is 0 Å². The van der Waals surface area contributed by atoms with Crippen molar-refractivity contribution in [3.8, 4) is 23.3 Å². The Balaban J connectivity index is 1.43. The fourth-order valence-corrected chi connectivity index (χ4v) is 4.22. The number of nitro groups is 1. The number of nitro benzene ring substituents is 1. The van der Waals surface area contributed by atoms with E-state index in [0.29, 0.717) is 41.5 Å². The lowest BCUT2D eigenvalue weighted by molar-refractivity contribution is -0.384. The summed E-state index contributed by atoms with van der Waals surface area (Å²) in [4.78, 5) is 23.3. The number of halogens is 1. The molecule has 0 bridgehead atoms. The van der Waals surface area contributed by atoms with Gasteiger partial charge in [0.2, 0.25) is 0 Å². The van der Waals surface area contributed by atoms with Crippen LogP contribution in [0.25, 0.3) is 6.08 Å². The summed E-state index contributed by atoms with van der Waals surface area (Å²) in [5.74, 6) is 0.640. The number of amides is 1. The van der Waals surface area contributed by atoms with Crippen molar-refractivity contribution in [2.45, 2.75) is 27.1 Å². The first kappa shape index (κ1) is 30.6. The van der Waals surface area contributed by atoms with E-state index >= 15 is 0 Å². The fourth-order valence-electron chi connectivity index (χ4n) is 3.94. The Morgan fingerprint density at radius 3 is 2.19 bits per heavy atom. The van der Waals surface area contributed by atoms with Crippen LogP contribution in [0.15, 0.2) is 90.5 Å². The number of benzene rings is 4. The van der Waals surface area contributed by atoms with Gasteiger partial charge in [0.05, 0.1) is 16.6 Å². The monoisotopic (exact) mass is 597 g/mol. The predicted octanol–water partition coefficient (Wildman–Crippen LogP) is 7.66. The molecule has 0 atom stereocenters. The Morgan fingerprint density at radius 1 is 0.953 bits per heavy atom. The third-order valence-electron chi connectivity index (χ3n) is 6.18. The standard InChI is InChI=1S/C33H28ClN3O6/c1-3-41-31-18-25(17-30(34)32(31)43-21-24-8-12-28(13-9-24)37(39)40)16-26(19-35)33(38)36-27-10-14-29(15-11-27)42-20-23-6-4-22(2)5-7-23/h4-18H,3,20-21H2,1-2H3,(H,36,38)/b26-16+. The van der Waals surface area contributed by atoms with Crippen LogP contribution in [0.5, 0.6) is 17.2 Å². The van der Waals surface area contributed by atoms with E-state index in [-0.39, 0.29) is 28.6 Å². The number of hydrogen-bond acceptors (Lipinski definition) is 7. The van der Waals surface area contributed by atoms with E-state index in [1.54, 1.807) is 55.5 Å². The van der Waals surface area contributed by atoms with Crippen LogP contribution in [-0.2, 0) is 18.0 Å². The van der Waals surface area contributed by atoms with E-state index in [2.05, 4.69) is 5.32 Å². The number of ether oxygens (including phenoxy) is 3. The number of nitrogens with one attached hydrogen (secondary N) is 1. The zero-order chi connectivity index (χ0) is 30.8. The Kier molecular flexibility index (Phi) is 10.3. The molecule has 4 aromatic carbocycles. The fraction of sp³-hybridized carbons (Fsp3) is 0.152. The second kappa shape index (κ2) is 14.5. The first-order chi connectivity index (χ1) is 20.7. The van der Waals surface area contributed by atoms with Crippen molar-refractivity contribution in [3.05, 3.63) is 128 Å². The van der Waals surface area contributed by atoms with Crippen LogP contribution in [0.2, 0.25) is 5.02 Å². The van der Waals surface area contributed by atoms with Crippen LogP contribution >= 0.6 is 11.6 Å². The molecule has 0 heterocycles. The molecule has 4 aromatic rings. The zero-order valence-electron chi connectivity index (χ0n) is 23.5. The lowest BCUT2D eigenvalue weighted by atomic mass is 10.1. The quantitative estimate of drug-likeness (QED) is 0.0769. The minimum absolute atomic E-state index is 0.0230. The van der Waals surface area contributed by atoms with Crippen LogP contribution in [0.1, 0.15) is 29.2 Å². The van der Waals surface area contributed by atoms with Gasteiger partial charge < -0.3 is 19.5 Å². The summed E-state index contributed by atoms with van der Waals surface area (Å²) in [5.41, 5.74) is 3.71. The van der Waals surface area contributed by atoms with Crippen molar-refractivity contribution in [2.24, 2.45) is 0 Å². The third-order valence-corrected chi connectivity index (χ3v) is 6.46. The maximum absolute atomic E-state index is 12.9. The molecule has 9 nitrogen and oxygen atoms in total. The Hall–Kier alpha value is -5.33. The SMILES string of the molecule is CCOc1cc(/C=C(\C#N)C(=O)Nc2ccc(OCc3ccc(C)cc3)cc2)cc(Cl)c1OCc1ccc([N+](=O)[O-])cc1. The summed E-state index contributed by atoms with van der Waals surface area (Å²) < 4.78 is 17.4. The summed E-state index contributed by atoms with van der Waals surface area (Å²) in [7, 11) is 0. The lowest BCUT2D eigenvalue weighted by Gasteiger charge is -2.15. The second-order valence-corrected chi connectivity index (χ2v) is 9.81. The van der Waals surface area contributed by atoms with E-state index in [4.69, 9.17) is 25.8 Å². The van der Waals surface area contributed by atoms with E-state index in [9.17, 15) is 20.2 Å². The average molecular weight is 598 g/mol. The highest BCUT2D eigenvalue weighted by Gasteiger charge is 2.16. The highest BCUT2D eigenvalue weighted by atomic mass is 35.5. The van der Waals surface area contributed by atoms with Crippen LogP contribution in [0, 0.1) is 28.4 Å². The highest BCUT2D eigenvalue weighted by molar-refractivity contribution is 6.32. The second-order valence-electron chi connectivity index (χ2n) is 9.40. The molecule has 218 valence electrons. The number of anilines is 1. The normalized spacial score (nSPS) is 10.9. The average Bonchev–Trinajstić information content (AvgIpc) is 3.00. The molecular weight excluding hydrogens is 570 g/mol. The van der Waals surface area contributed by atoms with Gasteiger partial charge in [0.15, 0.2) is 11.5 Å². The Morgan fingerprint density at radius 2 is 1.58 bits per heavy atom. The van der Waals surface area contributed by atoms with E-state index < -0.39 is 10.8 Å². The first-order valence-corrected chi connectivity index (χ1v) is 13.7. The molecule has 1 N–H and O–H groups in total. The smallest absolute Gasteiger partial charge is 0.269 e. The molecule has 0 aliphatic carbocycles. The molecule has 0 aromatic heterocycles. The van der Waals surface area contributed by atoms with Crippen LogP contribution in [-0.4, -0.2) is 17.4 Å². The van der Waals surface area contributed by atoms with Gasteiger partial charge >= 0.3 is 0 Å². The predicted molar refractivity (Wildman–Crippen MR) is 164 cm³/mol. The van der Waals surface area contributed by atoms with Crippen molar-refractivity contribution in [2.75, 3.05) is 11.9 Å². The van der Waals surface area contributed by atoms with E-state index in [1.807, 2.05) is 37.3 Å². The molecule has 1 amide bonds. The van der Waals surface area contributed by atoms with Gasteiger partial charge in [0.1, 0.15) is 30.6 Å². The number of non-ortho nitro benzene ring substituents is 1. The number of carbonyl (C=O) groups is 1. The van der Waals surface area contributed by atoms with Crippen molar-refractivity contribution < 1.29 is 23.9 Å². The van der Waals surface area contributed by atoms with Gasteiger partial charge in [0.25, 0.3) is 11.6 Å². The molecule has 10 heteroatoms. The maximum atomic E-state index is 12.9. The van der Waals surface area contributed by atoms with Crippen molar-refractivity contribution in [1.29, 1.82) is 5.26 Å². The van der Waals surface area contributed by atoms with Crippen molar-refractivity contribution in [3.63, 3.8) is 0 Å². The Bertz CT molecular complexity index is 1660. The molecular formula is C33H28ClN3O6. The lowest BCUT2D eigenvalue weighted by Crippen LogP contribution is -2.13. The molecule has 0 spiro atoms. The number of aryl methyl sites for hydroxylation is 1. The van der Waals surface area contributed by atoms with Gasteiger partial charge in [-0.1, -0.05) is 41.4 Å². The number of rotatable bonds is 12. The topological polar surface area (TPSA) is 124 Å². The molecule has 0 fully saturated rings. The molecule has 43 heavy (non-hydrogen) atoms. The van der Waals surface area contributed by atoms with Gasteiger partial charge in [-0.15, -0.1) is 0 Å². The molecule has 0 saturated carbocycles. The van der Waals surface area contributed by atoms with Crippen molar-refractivity contribution >= 4 is 35.0 Å². The summed E-state index contributed by atoms with van der Waals surface area (Å²) in [5, 5.41) is 23.5.